The van der Waals surface area contributed by atoms with Gasteiger partial charge < -0.3 is 5.32 Å². The maximum atomic E-state index is 12.1. The lowest BCUT2D eigenvalue weighted by atomic mass is 10.1. The third kappa shape index (κ3) is 4.37. The largest absolute Gasteiger partial charge is 0.322 e. The van der Waals surface area contributed by atoms with Crippen molar-refractivity contribution in [3.63, 3.8) is 0 Å². The monoisotopic (exact) mass is 332 g/mol. The number of hydrogen-bond donors (Lipinski definition) is 1. The van der Waals surface area contributed by atoms with Crippen LogP contribution in [0.5, 0.6) is 0 Å². The van der Waals surface area contributed by atoms with Gasteiger partial charge in [-0.1, -0.05) is 29.3 Å². The first-order valence-corrected chi connectivity index (χ1v) is 7.07. The standard InChI is InChI=1S/C16H13ClN2O4/c1-10-2-4-11(5-3-10)16(21)18-12-6-7-13(14(17)8-12)15(20)9-19(22)23/h2-8H,9H2,1H3,(H,18,21). The van der Waals surface area contributed by atoms with E-state index in [0.717, 1.165) is 5.56 Å². The van der Waals surface area contributed by atoms with Crippen LogP contribution in [0.2, 0.25) is 5.02 Å². The number of aryl methyl sites for hydroxylation is 1. The van der Waals surface area contributed by atoms with Crippen LogP contribution in [-0.2, 0) is 0 Å². The second-order valence-electron chi connectivity index (χ2n) is 4.93. The van der Waals surface area contributed by atoms with Crippen molar-refractivity contribution in [1.82, 2.24) is 0 Å². The molecule has 0 saturated heterocycles. The molecule has 2 aromatic carbocycles. The van der Waals surface area contributed by atoms with Gasteiger partial charge in [0.15, 0.2) is 0 Å². The van der Waals surface area contributed by atoms with Crippen LogP contribution >= 0.6 is 11.6 Å². The van der Waals surface area contributed by atoms with E-state index in [9.17, 15) is 19.7 Å². The molecule has 23 heavy (non-hydrogen) atoms. The lowest BCUT2D eigenvalue weighted by molar-refractivity contribution is -0.465. The predicted octanol–water partition coefficient (Wildman–Crippen LogP) is 3.36. The molecule has 0 aliphatic rings. The van der Waals surface area contributed by atoms with Gasteiger partial charge in [-0.15, -0.1) is 0 Å². The van der Waals surface area contributed by atoms with Gasteiger partial charge in [-0.2, -0.15) is 0 Å². The number of halogens is 1. The van der Waals surface area contributed by atoms with Crippen molar-refractivity contribution in [3.05, 3.63) is 74.3 Å². The molecule has 6 nitrogen and oxygen atoms in total. The molecule has 118 valence electrons. The minimum Gasteiger partial charge on any atom is -0.322 e. The van der Waals surface area contributed by atoms with E-state index in [1.807, 2.05) is 19.1 Å². The van der Waals surface area contributed by atoms with E-state index < -0.39 is 17.3 Å². The van der Waals surface area contributed by atoms with Crippen molar-refractivity contribution in [1.29, 1.82) is 0 Å². The molecule has 0 fully saturated rings. The number of carbonyl (C=O) groups excluding carboxylic acids is 2. The molecule has 1 amide bonds. The van der Waals surface area contributed by atoms with Gasteiger partial charge >= 0.3 is 0 Å². The number of Topliss-reactive ketones (excluding diaryl/α,β-unsaturated/α-hetero) is 1. The Morgan fingerprint density at radius 2 is 1.83 bits per heavy atom. The van der Waals surface area contributed by atoms with Crippen LogP contribution in [0, 0.1) is 17.0 Å². The number of hydrogen-bond acceptors (Lipinski definition) is 4. The second-order valence-corrected chi connectivity index (χ2v) is 5.34. The summed E-state index contributed by atoms with van der Waals surface area (Å²) in [4.78, 5) is 33.4. The van der Waals surface area contributed by atoms with Gasteiger partial charge in [0.1, 0.15) is 0 Å². The molecule has 0 spiro atoms. The first-order chi connectivity index (χ1) is 10.9. The molecule has 0 unspecified atom stereocenters. The summed E-state index contributed by atoms with van der Waals surface area (Å²) in [6, 6.07) is 11.3. The van der Waals surface area contributed by atoms with E-state index >= 15 is 0 Å². The van der Waals surface area contributed by atoms with Crippen LogP contribution in [-0.4, -0.2) is 23.2 Å². The van der Waals surface area contributed by atoms with Crippen LogP contribution in [0.25, 0.3) is 0 Å². The number of benzene rings is 2. The summed E-state index contributed by atoms with van der Waals surface area (Å²) in [6.45, 7) is 1.09. The van der Waals surface area contributed by atoms with Crippen molar-refractivity contribution < 1.29 is 14.5 Å². The van der Waals surface area contributed by atoms with Crippen LogP contribution in [0.1, 0.15) is 26.3 Å². The number of nitro groups is 1. The molecule has 0 aliphatic carbocycles. The molecule has 0 atom stereocenters. The molecule has 0 aliphatic heterocycles. The molecule has 2 rings (SSSR count). The van der Waals surface area contributed by atoms with E-state index in [-0.39, 0.29) is 16.5 Å². The highest BCUT2D eigenvalue weighted by molar-refractivity contribution is 6.34. The number of nitrogens with one attached hydrogen (secondary N) is 1. The fraction of sp³-hybridized carbons (Fsp3) is 0.125. The molecule has 2 aromatic rings. The molecule has 0 heterocycles. The first kappa shape index (κ1) is 16.6. The van der Waals surface area contributed by atoms with Crippen LogP contribution < -0.4 is 5.32 Å². The van der Waals surface area contributed by atoms with Gasteiger partial charge in [-0.25, -0.2) is 0 Å². The van der Waals surface area contributed by atoms with Gasteiger partial charge in [0.2, 0.25) is 5.78 Å². The first-order valence-electron chi connectivity index (χ1n) is 6.69. The highest BCUT2D eigenvalue weighted by Gasteiger charge is 2.16. The van der Waals surface area contributed by atoms with Gasteiger partial charge in [0.25, 0.3) is 12.5 Å². The molecule has 0 radical (unpaired) electrons. The van der Waals surface area contributed by atoms with Crippen molar-refractivity contribution in [2.75, 3.05) is 11.9 Å². The fourth-order valence-electron chi connectivity index (χ4n) is 1.93. The number of nitrogens with zero attached hydrogens (tertiary/aromatic N) is 1. The van der Waals surface area contributed by atoms with Gasteiger partial charge in [0, 0.05) is 21.7 Å². The normalized spacial score (nSPS) is 10.2. The maximum absolute atomic E-state index is 12.1. The molecule has 0 saturated carbocycles. The molecule has 1 N–H and O–H groups in total. The Morgan fingerprint density at radius 1 is 1.17 bits per heavy atom. The molecule has 0 aromatic heterocycles. The molecule has 7 heteroatoms. The Morgan fingerprint density at radius 3 is 2.39 bits per heavy atom. The minimum absolute atomic E-state index is 0.0525. The van der Waals surface area contributed by atoms with Crippen LogP contribution in [0.4, 0.5) is 5.69 Å². The van der Waals surface area contributed by atoms with Crippen molar-refractivity contribution >= 4 is 29.0 Å². The summed E-state index contributed by atoms with van der Waals surface area (Å²) in [5.74, 6) is -0.998. The highest BCUT2D eigenvalue weighted by Crippen LogP contribution is 2.22. The van der Waals surface area contributed by atoms with Crippen LogP contribution in [0.3, 0.4) is 0 Å². The number of anilines is 1. The number of rotatable bonds is 5. The van der Waals surface area contributed by atoms with E-state index in [0.29, 0.717) is 11.3 Å². The Bertz CT molecular complexity index is 772. The third-order valence-corrected chi connectivity index (χ3v) is 3.43. The zero-order valence-corrected chi connectivity index (χ0v) is 13.0. The van der Waals surface area contributed by atoms with Crippen molar-refractivity contribution in [2.24, 2.45) is 0 Å². The summed E-state index contributed by atoms with van der Waals surface area (Å²) in [7, 11) is 0. The lowest BCUT2D eigenvalue weighted by Gasteiger charge is -2.08. The lowest BCUT2D eigenvalue weighted by Crippen LogP contribution is -2.15. The molecular weight excluding hydrogens is 320 g/mol. The van der Waals surface area contributed by atoms with E-state index in [2.05, 4.69) is 5.32 Å². The molecule has 0 bridgehead atoms. The number of carbonyl (C=O) groups is 2. The Balaban J connectivity index is 2.14. The third-order valence-electron chi connectivity index (χ3n) is 3.11. The summed E-state index contributed by atoms with van der Waals surface area (Å²) >= 11 is 5.96. The van der Waals surface area contributed by atoms with Crippen molar-refractivity contribution in [2.45, 2.75) is 6.92 Å². The van der Waals surface area contributed by atoms with Gasteiger partial charge in [-0.05, 0) is 37.3 Å². The van der Waals surface area contributed by atoms with E-state index in [4.69, 9.17) is 11.6 Å². The summed E-state index contributed by atoms with van der Waals surface area (Å²) in [6.07, 6.45) is 0. The van der Waals surface area contributed by atoms with Crippen molar-refractivity contribution in [3.8, 4) is 0 Å². The van der Waals surface area contributed by atoms with E-state index in [1.165, 1.54) is 18.2 Å². The van der Waals surface area contributed by atoms with Crippen LogP contribution in [0.15, 0.2) is 42.5 Å². The van der Waals surface area contributed by atoms with Gasteiger partial charge in [-0.3, -0.25) is 19.7 Å². The Hall–Kier alpha value is -2.73. The Labute approximate surface area is 137 Å². The van der Waals surface area contributed by atoms with Gasteiger partial charge in [0.05, 0.1) is 5.02 Å². The maximum Gasteiger partial charge on any atom is 0.265 e. The Kier molecular flexibility index (Phi) is 5.08. The minimum atomic E-state index is -0.825. The predicted molar refractivity (Wildman–Crippen MR) is 86.8 cm³/mol. The fourth-order valence-corrected chi connectivity index (χ4v) is 2.22. The quantitative estimate of drug-likeness (QED) is 0.516. The smallest absolute Gasteiger partial charge is 0.265 e. The average Bonchev–Trinajstić information content (AvgIpc) is 2.47. The summed E-state index contributed by atoms with van der Waals surface area (Å²) in [5, 5.41) is 13.1. The zero-order valence-electron chi connectivity index (χ0n) is 12.2. The highest BCUT2D eigenvalue weighted by atomic mass is 35.5. The number of amides is 1. The summed E-state index contributed by atoms with van der Waals surface area (Å²) < 4.78 is 0. The average molecular weight is 333 g/mol. The zero-order chi connectivity index (χ0) is 17.0. The van der Waals surface area contributed by atoms with E-state index in [1.54, 1.807) is 12.1 Å². The number of ketones is 1. The SMILES string of the molecule is Cc1ccc(C(=O)Nc2ccc(C(=O)C[N+](=O)[O-])c(Cl)c2)cc1. The molecular formula is C16H13ClN2O4. The second kappa shape index (κ2) is 7.02. The summed E-state index contributed by atoms with van der Waals surface area (Å²) in [5.41, 5.74) is 1.98. The topological polar surface area (TPSA) is 89.3 Å².